The lowest BCUT2D eigenvalue weighted by atomic mass is 10.2. The van der Waals surface area contributed by atoms with Gasteiger partial charge in [0.2, 0.25) is 0 Å². The molecule has 1 N–H and O–H groups in total. The summed E-state index contributed by atoms with van der Waals surface area (Å²) in [4.78, 5) is 14.8. The highest BCUT2D eigenvalue weighted by molar-refractivity contribution is 5.67. The van der Waals surface area contributed by atoms with E-state index in [9.17, 15) is 0 Å². The number of hydrogen-bond acceptors (Lipinski definition) is 7. The highest BCUT2D eigenvalue weighted by Gasteiger charge is 2.09. The molecule has 0 spiro atoms. The maximum absolute atomic E-state index is 5.42. The third-order valence-electron chi connectivity index (χ3n) is 4.20. The second-order valence-electron chi connectivity index (χ2n) is 5.98. The van der Waals surface area contributed by atoms with Crippen LogP contribution in [0.15, 0.2) is 55.1 Å². The number of pyridine rings is 1. The number of likely N-dealkylation sites (N-methyl/N-ethyl adjacent to an activating group) is 1. The molecule has 0 amide bonds. The minimum atomic E-state index is 0.681. The summed E-state index contributed by atoms with van der Waals surface area (Å²) in [5, 5.41) is 3.28. The molecular weight excluding hydrogens is 342 g/mol. The fourth-order valence-electron chi connectivity index (χ4n) is 2.62. The van der Waals surface area contributed by atoms with Gasteiger partial charge in [0.15, 0.2) is 0 Å². The average Bonchev–Trinajstić information content (AvgIpc) is 2.73. The summed E-state index contributed by atoms with van der Waals surface area (Å²) < 4.78 is 10.7. The van der Waals surface area contributed by atoms with Crippen LogP contribution >= 0.6 is 0 Å². The Morgan fingerprint density at radius 2 is 1.81 bits per heavy atom. The first-order chi connectivity index (χ1) is 13.2. The number of nitrogens with zero attached hydrogens (tertiary/aromatic N) is 4. The molecule has 0 aliphatic carbocycles. The number of rotatable bonds is 8. The van der Waals surface area contributed by atoms with Gasteiger partial charge in [-0.15, -0.1) is 0 Å². The van der Waals surface area contributed by atoms with E-state index in [1.165, 1.54) is 5.56 Å². The first-order valence-electron chi connectivity index (χ1n) is 8.60. The molecule has 140 valence electrons. The number of hydrogen-bond donors (Lipinski definition) is 1. The summed E-state index contributed by atoms with van der Waals surface area (Å²) in [5.41, 5.74) is 2.05. The Bertz CT molecular complexity index is 873. The molecule has 3 aromatic rings. The van der Waals surface area contributed by atoms with Gasteiger partial charge in [-0.05, 0) is 36.2 Å². The summed E-state index contributed by atoms with van der Waals surface area (Å²) >= 11 is 0. The van der Waals surface area contributed by atoms with Gasteiger partial charge < -0.3 is 19.7 Å². The van der Waals surface area contributed by atoms with E-state index >= 15 is 0 Å². The van der Waals surface area contributed by atoms with Gasteiger partial charge in [0, 0.05) is 38.1 Å². The van der Waals surface area contributed by atoms with Crippen LogP contribution in [-0.2, 0) is 6.42 Å². The number of benzene rings is 1. The van der Waals surface area contributed by atoms with Crippen molar-refractivity contribution in [2.45, 2.75) is 6.42 Å². The van der Waals surface area contributed by atoms with Crippen molar-refractivity contribution in [3.8, 4) is 11.5 Å². The lowest BCUT2D eigenvalue weighted by Gasteiger charge is -2.19. The van der Waals surface area contributed by atoms with Gasteiger partial charge in [0.05, 0.1) is 19.9 Å². The van der Waals surface area contributed by atoms with Gasteiger partial charge in [-0.2, -0.15) is 0 Å². The molecule has 0 atom stereocenters. The zero-order valence-electron chi connectivity index (χ0n) is 15.7. The van der Waals surface area contributed by atoms with Crippen molar-refractivity contribution in [3.63, 3.8) is 0 Å². The van der Waals surface area contributed by atoms with E-state index in [4.69, 9.17) is 9.47 Å². The Morgan fingerprint density at radius 3 is 2.56 bits per heavy atom. The summed E-state index contributed by atoms with van der Waals surface area (Å²) in [6.45, 7) is 0.840. The van der Waals surface area contributed by atoms with Crippen LogP contribution in [0.25, 0.3) is 0 Å². The zero-order valence-corrected chi connectivity index (χ0v) is 15.7. The second-order valence-corrected chi connectivity index (χ2v) is 5.98. The molecule has 0 bridgehead atoms. The molecule has 7 nitrogen and oxygen atoms in total. The fraction of sp³-hybridized carbons (Fsp3) is 0.250. The maximum Gasteiger partial charge on any atom is 0.146 e. The number of methoxy groups -OCH3 is 2. The van der Waals surface area contributed by atoms with Gasteiger partial charge in [-0.1, -0.05) is 0 Å². The van der Waals surface area contributed by atoms with E-state index in [1.807, 2.05) is 55.8 Å². The van der Waals surface area contributed by atoms with Crippen molar-refractivity contribution in [2.75, 3.05) is 38.0 Å². The molecule has 0 fully saturated rings. The maximum atomic E-state index is 5.42. The second kappa shape index (κ2) is 8.84. The Balaban J connectivity index is 1.70. The fourth-order valence-corrected chi connectivity index (χ4v) is 2.62. The van der Waals surface area contributed by atoms with Crippen LogP contribution in [0.4, 0.5) is 17.3 Å². The normalized spacial score (nSPS) is 10.3. The molecule has 0 aliphatic heterocycles. The topological polar surface area (TPSA) is 72.4 Å². The van der Waals surface area contributed by atoms with E-state index in [0.717, 1.165) is 30.2 Å². The molecule has 2 heterocycles. The van der Waals surface area contributed by atoms with Crippen molar-refractivity contribution in [1.82, 2.24) is 15.0 Å². The van der Waals surface area contributed by atoms with Crippen LogP contribution in [0.1, 0.15) is 5.56 Å². The van der Waals surface area contributed by atoms with E-state index in [2.05, 4.69) is 25.2 Å². The average molecular weight is 365 g/mol. The third kappa shape index (κ3) is 4.84. The Kier molecular flexibility index (Phi) is 6.04. The van der Waals surface area contributed by atoms with E-state index in [1.54, 1.807) is 20.5 Å². The van der Waals surface area contributed by atoms with Crippen LogP contribution < -0.4 is 19.7 Å². The van der Waals surface area contributed by atoms with E-state index < -0.39 is 0 Å². The standard InChI is InChI=1S/C20H23N5O2/c1-25(11-8-15-6-9-21-10-7-15)20-13-19(22-14-23-20)24-17-5-4-16(26-2)12-18(17)27-3/h4-7,9-10,12-14H,8,11H2,1-3H3,(H,22,23,24). The van der Waals surface area contributed by atoms with Crippen LogP contribution in [-0.4, -0.2) is 42.8 Å². The molecule has 0 aliphatic rings. The minimum absolute atomic E-state index is 0.681. The van der Waals surface area contributed by atoms with Crippen molar-refractivity contribution < 1.29 is 9.47 Å². The predicted octanol–water partition coefficient (Wildman–Crippen LogP) is 3.31. The van der Waals surface area contributed by atoms with Crippen LogP contribution in [0.2, 0.25) is 0 Å². The molecule has 0 saturated heterocycles. The number of anilines is 3. The molecule has 0 unspecified atom stereocenters. The van der Waals surface area contributed by atoms with Crippen molar-refractivity contribution in [3.05, 3.63) is 60.7 Å². The first-order valence-corrected chi connectivity index (χ1v) is 8.60. The largest absolute Gasteiger partial charge is 0.497 e. The molecule has 3 rings (SSSR count). The first kappa shape index (κ1) is 18.4. The molecule has 7 heteroatoms. The Hall–Kier alpha value is -3.35. The van der Waals surface area contributed by atoms with Crippen molar-refractivity contribution in [2.24, 2.45) is 0 Å². The number of nitrogens with one attached hydrogen (secondary N) is 1. The Labute approximate surface area is 159 Å². The van der Waals surface area contributed by atoms with Gasteiger partial charge in [0.25, 0.3) is 0 Å². The van der Waals surface area contributed by atoms with Gasteiger partial charge >= 0.3 is 0 Å². The highest BCUT2D eigenvalue weighted by atomic mass is 16.5. The molecule has 1 aromatic carbocycles. The molecule has 0 radical (unpaired) electrons. The predicted molar refractivity (Wildman–Crippen MR) is 106 cm³/mol. The summed E-state index contributed by atoms with van der Waals surface area (Å²) in [6, 6.07) is 11.6. The lowest BCUT2D eigenvalue weighted by Crippen LogP contribution is -2.21. The third-order valence-corrected chi connectivity index (χ3v) is 4.20. The molecule has 2 aromatic heterocycles. The highest BCUT2D eigenvalue weighted by Crippen LogP contribution is 2.31. The van der Waals surface area contributed by atoms with Crippen LogP contribution in [0, 0.1) is 0 Å². The minimum Gasteiger partial charge on any atom is -0.497 e. The molecule has 27 heavy (non-hydrogen) atoms. The van der Waals surface area contributed by atoms with Crippen molar-refractivity contribution in [1.29, 1.82) is 0 Å². The van der Waals surface area contributed by atoms with Crippen LogP contribution in [0.5, 0.6) is 11.5 Å². The monoisotopic (exact) mass is 365 g/mol. The summed E-state index contributed by atoms with van der Waals surface area (Å²) in [6.07, 6.45) is 6.09. The molecular formula is C20H23N5O2. The SMILES string of the molecule is COc1ccc(Nc2cc(N(C)CCc3ccncc3)ncn2)c(OC)c1. The van der Waals surface area contributed by atoms with Gasteiger partial charge in [-0.3, -0.25) is 4.98 Å². The summed E-state index contributed by atoms with van der Waals surface area (Å²) in [7, 11) is 5.26. The van der Waals surface area contributed by atoms with E-state index in [0.29, 0.717) is 11.6 Å². The summed E-state index contributed by atoms with van der Waals surface area (Å²) in [5.74, 6) is 2.95. The smallest absolute Gasteiger partial charge is 0.146 e. The lowest BCUT2D eigenvalue weighted by molar-refractivity contribution is 0.395. The Morgan fingerprint density at radius 1 is 1.00 bits per heavy atom. The number of aromatic nitrogens is 3. The zero-order chi connectivity index (χ0) is 19.1. The van der Waals surface area contributed by atoms with Gasteiger partial charge in [0.1, 0.15) is 29.5 Å². The number of ether oxygens (including phenoxy) is 2. The van der Waals surface area contributed by atoms with Crippen molar-refractivity contribution >= 4 is 17.3 Å². The van der Waals surface area contributed by atoms with E-state index in [-0.39, 0.29) is 0 Å². The van der Waals surface area contributed by atoms with Crippen LogP contribution in [0.3, 0.4) is 0 Å². The van der Waals surface area contributed by atoms with Gasteiger partial charge in [-0.25, -0.2) is 9.97 Å². The molecule has 0 saturated carbocycles. The quantitative estimate of drug-likeness (QED) is 0.656.